The van der Waals surface area contributed by atoms with E-state index in [2.05, 4.69) is 0 Å². The molecular formula is C22H24FNO7S. The van der Waals surface area contributed by atoms with Crippen LogP contribution in [-0.2, 0) is 30.7 Å². The van der Waals surface area contributed by atoms with Crippen LogP contribution in [0.15, 0.2) is 47.4 Å². The third-order valence-corrected chi connectivity index (χ3v) is 8.02. The van der Waals surface area contributed by atoms with Gasteiger partial charge in [0.05, 0.1) is 28.3 Å². The molecule has 2 aliphatic rings. The topological polar surface area (TPSA) is 111 Å². The fourth-order valence-electron chi connectivity index (χ4n) is 4.30. The Hall–Kier alpha value is -2.53. The van der Waals surface area contributed by atoms with Crippen molar-refractivity contribution in [3.63, 3.8) is 0 Å². The van der Waals surface area contributed by atoms with Gasteiger partial charge in [-0.05, 0) is 67.3 Å². The van der Waals surface area contributed by atoms with Gasteiger partial charge in [-0.3, -0.25) is 10.0 Å². The Balaban J connectivity index is 1.47. The molecule has 2 aromatic carbocycles. The zero-order valence-corrected chi connectivity index (χ0v) is 18.2. The van der Waals surface area contributed by atoms with E-state index in [9.17, 15) is 22.8 Å². The lowest BCUT2D eigenvalue weighted by Gasteiger charge is -2.27. The minimum atomic E-state index is -3.87. The van der Waals surface area contributed by atoms with Crippen LogP contribution in [0.5, 0.6) is 5.75 Å². The van der Waals surface area contributed by atoms with Crippen LogP contribution in [0, 0.1) is 18.2 Å². The van der Waals surface area contributed by atoms with Gasteiger partial charge in [0.2, 0.25) is 0 Å². The maximum Gasteiger partial charge on any atom is 0.250 e. The quantitative estimate of drug-likeness (QED) is 0.477. The molecule has 1 heterocycles. The van der Waals surface area contributed by atoms with E-state index >= 15 is 0 Å². The largest absolute Gasteiger partial charge is 0.489 e. The van der Waals surface area contributed by atoms with E-state index in [1.165, 1.54) is 36.4 Å². The third-order valence-electron chi connectivity index (χ3n) is 6.10. The molecule has 10 heteroatoms. The van der Waals surface area contributed by atoms with Gasteiger partial charge < -0.3 is 14.2 Å². The predicted molar refractivity (Wildman–Crippen MR) is 110 cm³/mol. The number of hydroxylamine groups is 1. The van der Waals surface area contributed by atoms with Gasteiger partial charge in [-0.2, -0.15) is 0 Å². The Morgan fingerprint density at radius 2 is 1.84 bits per heavy atom. The van der Waals surface area contributed by atoms with Gasteiger partial charge >= 0.3 is 0 Å². The molecule has 2 aromatic rings. The van der Waals surface area contributed by atoms with Gasteiger partial charge in [-0.15, -0.1) is 0 Å². The highest BCUT2D eigenvalue weighted by Gasteiger charge is 2.55. The molecule has 1 aliphatic heterocycles. The molecule has 2 fully saturated rings. The fraction of sp³-hybridized carbons (Fsp3) is 0.409. The first kappa shape index (κ1) is 22.7. The van der Waals surface area contributed by atoms with Crippen molar-refractivity contribution in [2.75, 3.05) is 12.5 Å². The molecule has 1 amide bonds. The average Bonchev–Trinajstić information content (AvgIpc) is 3.33. The number of nitrogens with one attached hydrogen (secondary N) is 1. The standard InChI is InChI=1S/C22H24FNO7S/c1-14-2-3-16(23)8-15(14)11-29-17-4-6-18(7-5-17)32(27,28)12-22(21(25)24-26)9-19-20(10-22)31-13-30-19/h2-8,19-20,26H,9-13H2,1H3,(H,24,25). The van der Waals surface area contributed by atoms with Crippen molar-refractivity contribution in [2.24, 2.45) is 5.41 Å². The number of amides is 1. The van der Waals surface area contributed by atoms with Crippen LogP contribution in [0.4, 0.5) is 4.39 Å². The van der Waals surface area contributed by atoms with Crippen molar-refractivity contribution >= 4 is 15.7 Å². The smallest absolute Gasteiger partial charge is 0.250 e. The summed E-state index contributed by atoms with van der Waals surface area (Å²) in [5.41, 5.74) is 1.82. The summed E-state index contributed by atoms with van der Waals surface area (Å²) in [6.45, 7) is 2.09. The second kappa shape index (κ2) is 8.78. The zero-order valence-electron chi connectivity index (χ0n) is 17.4. The van der Waals surface area contributed by atoms with Gasteiger partial charge in [0, 0.05) is 0 Å². The van der Waals surface area contributed by atoms with Crippen LogP contribution >= 0.6 is 0 Å². The summed E-state index contributed by atoms with van der Waals surface area (Å²) in [4.78, 5) is 12.4. The molecule has 0 aromatic heterocycles. The van der Waals surface area contributed by atoms with E-state index in [1.807, 2.05) is 6.92 Å². The molecule has 4 rings (SSSR count). The van der Waals surface area contributed by atoms with Crippen molar-refractivity contribution < 1.29 is 37.0 Å². The fourth-order valence-corrected chi connectivity index (χ4v) is 6.11. The Labute approximate surface area is 185 Å². The molecular weight excluding hydrogens is 441 g/mol. The molecule has 1 aliphatic carbocycles. The van der Waals surface area contributed by atoms with Crippen molar-refractivity contribution in [3.8, 4) is 5.75 Å². The van der Waals surface area contributed by atoms with Crippen LogP contribution in [0.3, 0.4) is 0 Å². The lowest BCUT2D eigenvalue weighted by atomic mass is 9.87. The number of hydrogen-bond donors (Lipinski definition) is 2. The Bertz CT molecular complexity index is 1090. The molecule has 0 radical (unpaired) electrons. The van der Waals surface area contributed by atoms with Crippen LogP contribution in [0.2, 0.25) is 0 Å². The van der Waals surface area contributed by atoms with Gasteiger partial charge in [-0.1, -0.05) is 6.07 Å². The lowest BCUT2D eigenvalue weighted by Crippen LogP contribution is -2.43. The summed E-state index contributed by atoms with van der Waals surface area (Å²) < 4.78 is 56.1. The second-order valence-corrected chi connectivity index (χ2v) is 10.2. The molecule has 32 heavy (non-hydrogen) atoms. The minimum absolute atomic E-state index is 0.0239. The third kappa shape index (κ3) is 4.49. The summed E-state index contributed by atoms with van der Waals surface area (Å²) in [6.07, 6.45) is -0.497. The number of hydrogen-bond acceptors (Lipinski definition) is 7. The van der Waals surface area contributed by atoms with E-state index in [-0.39, 0.29) is 49.2 Å². The van der Waals surface area contributed by atoms with Gasteiger partial charge in [0.25, 0.3) is 5.91 Å². The SMILES string of the molecule is Cc1ccc(F)cc1COc1ccc(S(=O)(=O)CC2(C(=O)NO)CC3OCOC3C2)cc1. The van der Waals surface area contributed by atoms with Crippen molar-refractivity contribution in [1.82, 2.24) is 5.48 Å². The van der Waals surface area contributed by atoms with Gasteiger partial charge in [0.1, 0.15) is 25.0 Å². The first-order valence-electron chi connectivity index (χ1n) is 10.1. The number of benzene rings is 2. The van der Waals surface area contributed by atoms with Crippen LogP contribution < -0.4 is 10.2 Å². The van der Waals surface area contributed by atoms with E-state index in [1.54, 1.807) is 11.5 Å². The highest BCUT2D eigenvalue weighted by atomic mass is 32.2. The summed E-state index contributed by atoms with van der Waals surface area (Å²) >= 11 is 0. The first-order valence-corrected chi connectivity index (χ1v) is 11.8. The molecule has 0 spiro atoms. The number of fused-ring (bicyclic) bond motifs is 1. The lowest BCUT2D eigenvalue weighted by molar-refractivity contribution is -0.140. The zero-order chi connectivity index (χ0) is 22.9. The Morgan fingerprint density at radius 1 is 1.19 bits per heavy atom. The first-order chi connectivity index (χ1) is 15.2. The van der Waals surface area contributed by atoms with Crippen LogP contribution in [0.1, 0.15) is 24.0 Å². The predicted octanol–water partition coefficient (Wildman–Crippen LogP) is 2.51. The molecule has 2 unspecified atom stereocenters. The Kier molecular flexibility index (Phi) is 6.22. The van der Waals surface area contributed by atoms with E-state index in [4.69, 9.17) is 14.2 Å². The van der Waals surface area contributed by atoms with Crippen LogP contribution in [0.25, 0.3) is 0 Å². The minimum Gasteiger partial charge on any atom is -0.489 e. The maximum atomic E-state index is 13.4. The summed E-state index contributed by atoms with van der Waals surface area (Å²) in [6, 6.07) is 10.2. The monoisotopic (exact) mass is 465 g/mol. The van der Waals surface area contributed by atoms with Crippen molar-refractivity contribution in [2.45, 2.75) is 43.5 Å². The molecule has 0 bridgehead atoms. The molecule has 8 nitrogen and oxygen atoms in total. The second-order valence-electron chi connectivity index (χ2n) is 8.25. The maximum absolute atomic E-state index is 13.4. The van der Waals surface area contributed by atoms with E-state index in [0.717, 1.165) is 5.56 Å². The molecule has 172 valence electrons. The number of carbonyl (C=O) groups excluding carboxylic acids is 1. The molecule has 2 N–H and O–H groups in total. The van der Waals surface area contributed by atoms with Crippen LogP contribution in [-0.4, -0.2) is 44.3 Å². The molecule has 1 saturated carbocycles. The highest BCUT2D eigenvalue weighted by molar-refractivity contribution is 7.91. The Morgan fingerprint density at radius 3 is 2.47 bits per heavy atom. The van der Waals surface area contributed by atoms with E-state index < -0.39 is 26.9 Å². The number of halogens is 1. The number of sulfone groups is 1. The van der Waals surface area contributed by atoms with Crippen molar-refractivity contribution in [1.29, 1.82) is 0 Å². The number of aryl methyl sites for hydroxylation is 1. The van der Waals surface area contributed by atoms with Gasteiger partial charge in [-0.25, -0.2) is 18.3 Å². The normalized spacial score (nSPS) is 24.8. The average molecular weight is 465 g/mol. The van der Waals surface area contributed by atoms with E-state index in [0.29, 0.717) is 11.3 Å². The molecule has 2 atom stereocenters. The molecule has 1 saturated heterocycles. The number of ether oxygens (including phenoxy) is 3. The summed E-state index contributed by atoms with van der Waals surface area (Å²) in [5, 5.41) is 9.20. The van der Waals surface area contributed by atoms with Gasteiger partial charge in [0.15, 0.2) is 9.84 Å². The highest BCUT2D eigenvalue weighted by Crippen LogP contribution is 2.45. The number of rotatable bonds is 7. The number of carbonyl (C=O) groups is 1. The van der Waals surface area contributed by atoms with Crippen molar-refractivity contribution in [3.05, 3.63) is 59.4 Å². The summed E-state index contributed by atoms with van der Waals surface area (Å²) in [5.74, 6) is -1.20. The summed E-state index contributed by atoms with van der Waals surface area (Å²) in [7, 11) is -3.87.